The Bertz CT molecular complexity index is 326. The average Bonchev–Trinajstić information content (AvgIpc) is 2.94. The highest BCUT2D eigenvalue weighted by atomic mass is 15.3. The van der Waals surface area contributed by atoms with Crippen LogP contribution in [0.2, 0.25) is 0 Å². The van der Waals surface area contributed by atoms with Gasteiger partial charge in [-0.1, -0.05) is 32.1 Å². The first-order valence-corrected chi connectivity index (χ1v) is 8.60. The van der Waals surface area contributed by atoms with E-state index >= 15 is 0 Å². The van der Waals surface area contributed by atoms with Crippen molar-refractivity contribution in [2.75, 3.05) is 6.54 Å². The maximum Gasteiger partial charge on any atom is 0.0624 e. The smallest absolute Gasteiger partial charge is 0.0624 e. The SMILES string of the molecule is CC1NC2NC3CCCNC3C2C1C1CCCCC1. The van der Waals surface area contributed by atoms with Gasteiger partial charge in [0.05, 0.1) is 6.17 Å². The van der Waals surface area contributed by atoms with Crippen LogP contribution in [0.4, 0.5) is 0 Å². The summed E-state index contributed by atoms with van der Waals surface area (Å²) in [6.45, 7) is 3.66. The third kappa shape index (κ3) is 2.05. The molecule has 3 N–H and O–H groups in total. The zero-order valence-electron chi connectivity index (χ0n) is 12.2. The summed E-state index contributed by atoms with van der Waals surface area (Å²) in [7, 11) is 0. The Morgan fingerprint density at radius 3 is 2.53 bits per heavy atom. The molecule has 3 aliphatic heterocycles. The quantitative estimate of drug-likeness (QED) is 0.675. The molecule has 4 rings (SSSR count). The largest absolute Gasteiger partial charge is 0.312 e. The average molecular weight is 263 g/mol. The van der Waals surface area contributed by atoms with Gasteiger partial charge in [-0.05, 0) is 38.1 Å². The molecule has 0 radical (unpaired) electrons. The second-order valence-corrected chi connectivity index (χ2v) is 7.38. The molecule has 6 unspecified atom stereocenters. The van der Waals surface area contributed by atoms with Crippen LogP contribution in [0.5, 0.6) is 0 Å². The van der Waals surface area contributed by atoms with Crippen molar-refractivity contribution in [2.24, 2.45) is 17.8 Å². The van der Waals surface area contributed by atoms with Gasteiger partial charge in [-0.25, -0.2) is 0 Å². The Hall–Kier alpha value is -0.120. The van der Waals surface area contributed by atoms with Crippen molar-refractivity contribution >= 4 is 0 Å². The van der Waals surface area contributed by atoms with Crippen molar-refractivity contribution in [3.05, 3.63) is 0 Å². The van der Waals surface area contributed by atoms with Crippen molar-refractivity contribution < 1.29 is 0 Å². The van der Waals surface area contributed by atoms with E-state index in [1.165, 1.54) is 51.5 Å². The number of rotatable bonds is 1. The second kappa shape index (κ2) is 5.01. The zero-order chi connectivity index (χ0) is 12.8. The molecular weight excluding hydrogens is 234 g/mol. The first-order chi connectivity index (χ1) is 9.34. The minimum absolute atomic E-state index is 0.586. The molecule has 0 spiro atoms. The maximum absolute atomic E-state index is 3.88. The minimum atomic E-state index is 0.586. The van der Waals surface area contributed by atoms with Crippen LogP contribution in [-0.2, 0) is 0 Å². The summed E-state index contributed by atoms with van der Waals surface area (Å²) in [6, 6.07) is 2.17. The van der Waals surface area contributed by atoms with Gasteiger partial charge < -0.3 is 5.32 Å². The predicted molar refractivity (Wildman–Crippen MR) is 77.9 cm³/mol. The highest BCUT2D eigenvalue weighted by Crippen LogP contribution is 2.45. The number of hydrogen-bond donors (Lipinski definition) is 3. The van der Waals surface area contributed by atoms with E-state index in [2.05, 4.69) is 22.9 Å². The fraction of sp³-hybridized carbons (Fsp3) is 1.00. The summed E-state index contributed by atoms with van der Waals surface area (Å²) in [5.41, 5.74) is 0. The number of hydrogen-bond acceptors (Lipinski definition) is 3. The Kier molecular flexibility index (Phi) is 3.33. The van der Waals surface area contributed by atoms with Crippen molar-refractivity contribution in [2.45, 2.75) is 76.2 Å². The fourth-order valence-corrected chi connectivity index (χ4v) is 5.64. The second-order valence-electron chi connectivity index (χ2n) is 7.38. The van der Waals surface area contributed by atoms with Gasteiger partial charge in [0.1, 0.15) is 0 Å². The zero-order valence-corrected chi connectivity index (χ0v) is 12.2. The van der Waals surface area contributed by atoms with Gasteiger partial charge in [-0.2, -0.15) is 0 Å². The van der Waals surface area contributed by atoms with E-state index in [-0.39, 0.29) is 0 Å². The van der Waals surface area contributed by atoms with Crippen LogP contribution in [-0.4, -0.2) is 30.8 Å². The molecule has 1 saturated carbocycles. The normalized spacial score (nSPS) is 51.0. The third-order valence-corrected chi connectivity index (χ3v) is 6.36. The van der Waals surface area contributed by atoms with Crippen molar-refractivity contribution in [3.8, 4) is 0 Å². The molecule has 0 aromatic heterocycles. The number of nitrogens with one attached hydrogen (secondary N) is 3. The van der Waals surface area contributed by atoms with Crippen LogP contribution in [0.15, 0.2) is 0 Å². The summed E-state index contributed by atoms with van der Waals surface area (Å²) in [5, 5.41) is 11.6. The van der Waals surface area contributed by atoms with E-state index in [0.29, 0.717) is 12.2 Å². The van der Waals surface area contributed by atoms with Gasteiger partial charge in [0, 0.05) is 24.0 Å². The molecule has 6 atom stereocenters. The van der Waals surface area contributed by atoms with E-state index in [9.17, 15) is 0 Å². The van der Waals surface area contributed by atoms with Crippen molar-refractivity contribution in [3.63, 3.8) is 0 Å². The summed E-state index contributed by atoms with van der Waals surface area (Å²) in [5.74, 6) is 2.72. The van der Waals surface area contributed by atoms with Crippen LogP contribution >= 0.6 is 0 Å². The van der Waals surface area contributed by atoms with Crippen LogP contribution in [0.1, 0.15) is 51.9 Å². The lowest BCUT2D eigenvalue weighted by atomic mass is 9.70. The highest BCUT2D eigenvalue weighted by Gasteiger charge is 2.54. The number of fused-ring (bicyclic) bond motifs is 3. The third-order valence-electron chi connectivity index (χ3n) is 6.36. The Morgan fingerprint density at radius 2 is 1.68 bits per heavy atom. The molecular formula is C16H29N3. The van der Waals surface area contributed by atoms with Gasteiger partial charge >= 0.3 is 0 Å². The first kappa shape index (κ1) is 12.6. The van der Waals surface area contributed by atoms with Crippen LogP contribution in [0.3, 0.4) is 0 Å². The standard InChI is InChI=1S/C16H29N3/c1-10-13(11-6-3-2-4-7-11)14-15-12(8-5-9-17-15)19-16(14)18-10/h10-19H,2-9H2,1H3. The number of piperidine rings is 1. The van der Waals surface area contributed by atoms with E-state index < -0.39 is 0 Å². The van der Waals surface area contributed by atoms with Crippen LogP contribution < -0.4 is 16.0 Å². The Balaban J connectivity index is 1.55. The lowest BCUT2D eigenvalue weighted by molar-refractivity contribution is 0.158. The summed E-state index contributed by atoms with van der Waals surface area (Å²) < 4.78 is 0. The molecule has 4 fully saturated rings. The van der Waals surface area contributed by atoms with Gasteiger partial charge in [-0.3, -0.25) is 10.6 Å². The molecule has 3 nitrogen and oxygen atoms in total. The monoisotopic (exact) mass is 263 g/mol. The summed E-state index contributed by atoms with van der Waals surface area (Å²) >= 11 is 0. The maximum atomic E-state index is 3.88. The van der Waals surface area contributed by atoms with Gasteiger partial charge in [0.2, 0.25) is 0 Å². The summed E-state index contributed by atoms with van der Waals surface area (Å²) in [6.07, 6.45) is 10.7. The molecule has 4 aliphatic rings. The van der Waals surface area contributed by atoms with E-state index in [4.69, 9.17) is 0 Å². The molecule has 3 saturated heterocycles. The van der Waals surface area contributed by atoms with Crippen LogP contribution in [0.25, 0.3) is 0 Å². The molecule has 1 aliphatic carbocycles. The topological polar surface area (TPSA) is 36.1 Å². The molecule has 0 amide bonds. The highest BCUT2D eigenvalue weighted by molar-refractivity contribution is 5.11. The first-order valence-electron chi connectivity index (χ1n) is 8.60. The lowest BCUT2D eigenvalue weighted by Gasteiger charge is -2.38. The van der Waals surface area contributed by atoms with Crippen molar-refractivity contribution in [1.82, 2.24) is 16.0 Å². The molecule has 3 heterocycles. The van der Waals surface area contributed by atoms with Crippen molar-refractivity contribution in [1.29, 1.82) is 0 Å². The lowest BCUT2D eigenvalue weighted by Crippen LogP contribution is -2.51. The molecule has 0 aromatic rings. The summed E-state index contributed by atoms with van der Waals surface area (Å²) in [4.78, 5) is 0. The van der Waals surface area contributed by atoms with Gasteiger partial charge in [-0.15, -0.1) is 0 Å². The Morgan fingerprint density at radius 1 is 0.842 bits per heavy atom. The van der Waals surface area contributed by atoms with Gasteiger partial charge in [0.15, 0.2) is 0 Å². The predicted octanol–water partition coefficient (Wildman–Crippen LogP) is 1.84. The molecule has 3 heteroatoms. The molecule has 19 heavy (non-hydrogen) atoms. The molecule has 0 bridgehead atoms. The Labute approximate surface area is 117 Å². The van der Waals surface area contributed by atoms with E-state index in [1.54, 1.807) is 0 Å². The minimum Gasteiger partial charge on any atom is -0.312 e. The van der Waals surface area contributed by atoms with E-state index in [1.807, 2.05) is 0 Å². The fourth-order valence-electron chi connectivity index (χ4n) is 5.64. The van der Waals surface area contributed by atoms with Crippen LogP contribution in [0, 0.1) is 17.8 Å². The van der Waals surface area contributed by atoms with Gasteiger partial charge in [0.25, 0.3) is 0 Å². The van der Waals surface area contributed by atoms with E-state index in [0.717, 1.165) is 29.8 Å². The molecule has 108 valence electrons. The molecule has 0 aromatic carbocycles.